The standard InChI is InChI=1S/2O.Ti.Zn/q2*-2;+4;+2. The molecule has 4 heteroatoms. The van der Waals surface area contributed by atoms with Crippen LogP contribution < -0.4 is 0 Å². The molecule has 0 aromatic heterocycles. The summed E-state index contributed by atoms with van der Waals surface area (Å²) in [5.74, 6) is 0. The van der Waals surface area contributed by atoms with Crippen molar-refractivity contribution in [1.29, 1.82) is 0 Å². The third kappa shape index (κ3) is 10.5. The number of hydrogen-bond donors (Lipinski definition) is 0. The summed E-state index contributed by atoms with van der Waals surface area (Å²) in [6.45, 7) is 0. The van der Waals surface area contributed by atoms with Gasteiger partial charge in [0.25, 0.3) is 0 Å². The first-order chi connectivity index (χ1) is 0. The van der Waals surface area contributed by atoms with Gasteiger partial charge in [0, 0.05) is 0 Å². The van der Waals surface area contributed by atoms with Crippen LogP contribution in [0.2, 0.25) is 0 Å². The largest absolute Gasteiger partial charge is 4.00 e. The first-order valence-corrected chi connectivity index (χ1v) is 0. The minimum Gasteiger partial charge on any atom is -2.00 e. The molecule has 16 valence electrons. The maximum absolute atomic E-state index is 0. The van der Waals surface area contributed by atoms with Gasteiger partial charge in [-0.3, -0.25) is 0 Å². The second-order valence-electron chi connectivity index (χ2n) is 0. The quantitative estimate of drug-likeness (QED) is 0.422. The summed E-state index contributed by atoms with van der Waals surface area (Å²) in [4.78, 5) is 0. The van der Waals surface area contributed by atoms with E-state index >= 15 is 0 Å². The molecule has 0 fully saturated rings. The molecule has 4 heavy (non-hydrogen) atoms. The fraction of sp³-hybridized carbons (Fsp3) is 0. The first-order valence-electron chi connectivity index (χ1n) is 0. The Morgan fingerprint density at radius 3 is 0.750 bits per heavy atom. The fourth-order valence-electron chi connectivity index (χ4n) is 0. The van der Waals surface area contributed by atoms with E-state index in [1.807, 2.05) is 0 Å². The zero-order valence-corrected chi connectivity index (χ0v) is 6.55. The Kier molecular flexibility index (Phi) is 430. The van der Waals surface area contributed by atoms with E-state index in [2.05, 4.69) is 0 Å². The van der Waals surface area contributed by atoms with E-state index in [9.17, 15) is 0 Å². The van der Waals surface area contributed by atoms with Crippen LogP contribution in [0.3, 0.4) is 0 Å². The van der Waals surface area contributed by atoms with Gasteiger partial charge in [-0.15, -0.1) is 0 Å². The Morgan fingerprint density at radius 1 is 0.750 bits per heavy atom. The van der Waals surface area contributed by atoms with Gasteiger partial charge in [0.05, 0.1) is 0 Å². The predicted octanol–water partition coefficient (Wildman–Crippen LogP) is -0.243. The minimum atomic E-state index is 0. The van der Waals surface area contributed by atoms with Crippen molar-refractivity contribution in [3.8, 4) is 0 Å². The summed E-state index contributed by atoms with van der Waals surface area (Å²) < 4.78 is 0. The molecule has 0 aromatic rings. The van der Waals surface area contributed by atoms with Crippen molar-refractivity contribution in [2.75, 3.05) is 0 Å². The molecule has 0 bridgehead atoms. The predicted molar refractivity (Wildman–Crippen MR) is 1.37 cm³/mol. The molecule has 0 aliphatic carbocycles. The molecule has 0 aliphatic rings. The van der Waals surface area contributed by atoms with E-state index in [-0.39, 0.29) is 52.1 Å². The van der Waals surface area contributed by atoms with Crippen LogP contribution in [0.5, 0.6) is 0 Å². The third-order valence-electron chi connectivity index (χ3n) is 0. The van der Waals surface area contributed by atoms with Crippen LogP contribution in [0.15, 0.2) is 0 Å². The smallest absolute Gasteiger partial charge is 2.00 e. The van der Waals surface area contributed by atoms with Gasteiger partial charge in [0.15, 0.2) is 0 Å². The average molecular weight is 145 g/mol. The summed E-state index contributed by atoms with van der Waals surface area (Å²) in [5, 5.41) is 0. The number of hydrogen-bond acceptors (Lipinski definition) is 0. The van der Waals surface area contributed by atoms with E-state index in [1.165, 1.54) is 0 Å². The summed E-state index contributed by atoms with van der Waals surface area (Å²) in [5.41, 5.74) is 0. The third-order valence-corrected chi connectivity index (χ3v) is 0. The Hall–Kier alpha value is 1.26. The topological polar surface area (TPSA) is 57.0 Å². The van der Waals surface area contributed by atoms with Gasteiger partial charge >= 0.3 is 41.2 Å². The van der Waals surface area contributed by atoms with E-state index in [0.717, 1.165) is 0 Å². The summed E-state index contributed by atoms with van der Waals surface area (Å²) >= 11 is 0. The SMILES string of the molecule is [O-2].[O-2].[Ti+4].[Zn+2]. The second-order valence-corrected chi connectivity index (χ2v) is 0. The van der Waals surface area contributed by atoms with Crippen LogP contribution in [0.4, 0.5) is 0 Å². The summed E-state index contributed by atoms with van der Waals surface area (Å²) in [6, 6.07) is 0. The van der Waals surface area contributed by atoms with Crippen molar-refractivity contribution in [3.63, 3.8) is 0 Å². The molecule has 0 atom stereocenters. The Balaban J connectivity index is 0. The molecule has 0 saturated carbocycles. The van der Waals surface area contributed by atoms with Gasteiger partial charge in [-0.1, -0.05) is 0 Å². The van der Waals surface area contributed by atoms with Crippen LogP contribution >= 0.6 is 0 Å². The molecule has 0 radical (unpaired) electrons. The van der Waals surface area contributed by atoms with Gasteiger partial charge in [0.1, 0.15) is 0 Å². The molecule has 2 nitrogen and oxygen atoms in total. The molecule has 0 saturated heterocycles. The van der Waals surface area contributed by atoms with Crippen molar-refractivity contribution in [3.05, 3.63) is 0 Å². The second kappa shape index (κ2) is 28.6. The summed E-state index contributed by atoms with van der Waals surface area (Å²) in [6.07, 6.45) is 0. The van der Waals surface area contributed by atoms with Crippen molar-refractivity contribution < 1.29 is 52.1 Å². The van der Waals surface area contributed by atoms with E-state index in [4.69, 9.17) is 0 Å². The zero-order valence-electron chi connectivity index (χ0n) is 2.02. The van der Waals surface area contributed by atoms with Crippen molar-refractivity contribution in [2.45, 2.75) is 0 Å². The van der Waals surface area contributed by atoms with Crippen molar-refractivity contribution in [1.82, 2.24) is 0 Å². The summed E-state index contributed by atoms with van der Waals surface area (Å²) in [7, 11) is 0. The molecular formula is O2TiZn+2. The van der Waals surface area contributed by atoms with Gasteiger partial charge < -0.3 is 11.0 Å². The van der Waals surface area contributed by atoms with Crippen molar-refractivity contribution >= 4 is 0 Å². The fourth-order valence-corrected chi connectivity index (χ4v) is 0. The van der Waals surface area contributed by atoms with Crippen LogP contribution in [0.25, 0.3) is 0 Å². The monoisotopic (exact) mass is 144 g/mol. The van der Waals surface area contributed by atoms with Crippen LogP contribution in [0.1, 0.15) is 0 Å². The van der Waals surface area contributed by atoms with Crippen LogP contribution in [0, 0.1) is 0 Å². The maximum Gasteiger partial charge on any atom is 4.00 e. The molecule has 0 amide bonds. The van der Waals surface area contributed by atoms with Crippen LogP contribution in [-0.4, -0.2) is 0 Å². The normalized spacial score (nSPS) is 0. The molecular weight excluding hydrogens is 145 g/mol. The van der Waals surface area contributed by atoms with E-state index in [1.54, 1.807) is 0 Å². The van der Waals surface area contributed by atoms with Gasteiger partial charge in [-0.2, -0.15) is 0 Å². The van der Waals surface area contributed by atoms with Crippen LogP contribution in [-0.2, 0) is 52.1 Å². The minimum absolute atomic E-state index is 0. The molecule has 0 aliphatic heterocycles. The molecule has 0 spiro atoms. The number of rotatable bonds is 0. The van der Waals surface area contributed by atoms with E-state index < -0.39 is 0 Å². The van der Waals surface area contributed by atoms with Crippen molar-refractivity contribution in [2.24, 2.45) is 0 Å². The van der Waals surface area contributed by atoms with E-state index in [0.29, 0.717) is 0 Å². The zero-order chi connectivity index (χ0) is 0. The van der Waals surface area contributed by atoms with Gasteiger partial charge in [0.2, 0.25) is 0 Å². The molecule has 0 heterocycles. The van der Waals surface area contributed by atoms with Gasteiger partial charge in [-0.25, -0.2) is 0 Å². The van der Waals surface area contributed by atoms with Gasteiger partial charge in [-0.05, 0) is 0 Å². The molecule has 0 N–H and O–H groups in total. The maximum atomic E-state index is 0. The molecule has 0 aromatic carbocycles. The first kappa shape index (κ1) is 60.3. The Labute approximate surface area is 52.2 Å². The molecule has 0 rings (SSSR count). The Bertz CT molecular complexity index is 6.00. The average Bonchev–Trinajstić information content (AvgIpc) is 0. The Morgan fingerprint density at radius 2 is 0.750 bits per heavy atom. The molecule has 0 unspecified atom stereocenters.